The van der Waals surface area contributed by atoms with Crippen molar-refractivity contribution in [3.8, 4) is 0 Å². The molecule has 4 heteroatoms. The third kappa shape index (κ3) is 4.57. The molecule has 0 saturated heterocycles. The number of hydrogen-bond acceptors (Lipinski definition) is 4. The molecular formula is C24H40O4. The molecule has 4 aliphatic rings. The first-order chi connectivity index (χ1) is 12.8. The number of ether oxygens (including phenoxy) is 2. The van der Waals surface area contributed by atoms with Crippen LogP contribution in [0.4, 0.5) is 0 Å². The largest absolute Gasteiger partial charge is 0.456 e. The fraction of sp³-hybridized carbons (Fsp3) is 0.917. The van der Waals surface area contributed by atoms with Gasteiger partial charge in [0.15, 0.2) is 6.61 Å². The second kappa shape index (κ2) is 7.32. The summed E-state index contributed by atoms with van der Waals surface area (Å²) in [5.74, 6) is 1.71. The Bertz CT molecular complexity index is 579. The normalized spacial score (nSPS) is 35.5. The molecule has 0 aromatic rings. The number of carbonyl (C=O) groups excluding carboxylic acids is 2. The number of hydrogen-bond donors (Lipinski definition) is 0. The van der Waals surface area contributed by atoms with E-state index >= 15 is 0 Å². The highest BCUT2D eigenvalue weighted by Crippen LogP contribution is 2.59. The van der Waals surface area contributed by atoms with Crippen LogP contribution < -0.4 is 0 Å². The molecule has 0 radical (unpaired) electrons. The minimum atomic E-state index is -0.383. The Kier molecular flexibility index (Phi) is 5.66. The summed E-state index contributed by atoms with van der Waals surface area (Å²) in [5, 5.41) is 0. The molecule has 0 N–H and O–H groups in total. The van der Waals surface area contributed by atoms with Gasteiger partial charge in [-0.1, -0.05) is 41.5 Å². The molecule has 0 aromatic heterocycles. The molecule has 1 unspecified atom stereocenters. The van der Waals surface area contributed by atoms with Crippen LogP contribution in [0, 0.1) is 40.4 Å². The van der Waals surface area contributed by atoms with Crippen LogP contribution in [-0.4, -0.2) is 24.1 Å². The third-order valence-electron chi connectivity index (χ3n) is 7.57. The van der Waals surface area contributed by atoms with E-state index in [1.54, 1.807) is 0 Å². The van der Waals surface area contributed by atoms with Crippen molar-refractivity contribution in [2.75, 3.05) is 6.61 Å². The molecule has 4 saturated carbocycles. The van der Waals surface area contributed by atoms with Crippen molar-refractivity contribution < 1.29 is 19.1 Å². The van der Waals surface area contributed by atoms with E-state index in [9.17, 15) is 9.59 Å². The van der Waals surface area contributed by atoms with E-state index in [2.05, 4.69) is 48.5 Å². The molecule has 4 nitrogen and oxygen atoms in total. The molecule has 0 heterocycles. The minimum Gasteiger partial charge on any atom is -0.456 e. The van der Waals surface area contributed by atoms with E-state index in [4.69, 9.17) is 9.47 Å². The first kappa shape index (κ1) is 21.6. The standard InChI is InChI=1S/C24H40O4/c1-22(2,3)13-19(23(4,5)6)21(26)27-14-20(25)28-24(7)17-9-15-8-16(11-17)12-18(24)10-15/h15-19H,8-14H2,1-7H3. The van der Waals surface area contributed by atoms with Gasteiger partial charge in [-0.2, -0.15) is 0 Å². The van der Waals surface area contributed by atoms with Crippen LogP contribution in [0.25, 0.3) is 0 Å². The van der Waals surface area contributed by atoms with Crippen LogP contribution in [0.3, 0.4) is 0 Å². The third-order valence-corrected chi connectivity index (χ3v) is 7.57. The zero-order chi connectivity index (χ0) is 20.9. The Morgan fingerprint density at radius 3 is 1.86 bits per heavy atom. The summed E-state index contributed by atoms with van der Waals surface area (Å²) in [6, 6.07) is 0. The molecule has 0 aromatic carbocycles. The second-order valence-corrected chi connectivity index (χ2v) is 12.3. The topological polar surface area (TPSA) is 52.6 Å². The maximum absolute atomic E-state index is 12.8. The highest BCUT2D eigenvalue weighted by Gasteiger charge is 2.57. The Hall–Kier alpha value is -1.06. The first-order valence-electron chi connectivity index (χ1n) is 11.2. The van der Waals surface area contributed by atoms with Gasteiger partial charge in [0.2, 0.25) is 0 Å². The summed E-state index contributed by atoms with van der Waals surface area (Å²) in [6.07, 6.45) is 6.86. The average molecular weight is 393 g/mol. The van der Waals surface area contributed by atoms with E-state index in [0.29, 0.717) is 11.8 Å². The summed E-state index contributed by atoms with van der Waals surface area (Å²) in [4.78, 5) is 25.4. The summed E-state index contributed by atoms with van der Waals surface area (Å²) in [5.41, 5.74) is -0.557. The van der Waals surface area contributed by atoms with Gasteiger partial charge in [-0.25, -0.2) is 4.79 Å². The van der Waals surface area contributed by atoms with Crippen molar-refractivity contribution in [1.82, 2.24) is 0 Å². The van der Waals surface area contributed by atoms with Gasteiger partial charge in [0.05, 0.1) is 5.92 Å². The minimum absolute atomic E-state index is 0.0192. The lowest BCUT2D eigenvalue weighted by Gasteiger charge is -2.59. The molecule has 160 valence electrons. The Balaban J connectivity index is 1.57. The van der Waals surface area contributed by atoms with Crippen LogP contribution in [0.1, 0.15) is 87.0 Å². The lowest BCUT2D eigenvalue weighted by atomic mass is 9.50. The van der Waals surface area contributed by atoms with Crippen LogP contribution in [0.2, 0.25) is 0 Å². The monoisotopic (exact) mass is 392 g/mol. The van der Waals surface area contributed by atoms with Crippen molar-refractivity contribution in [2.24, 2.45) is 40.4 Å². The lowest BCUT2D eigenvalue weighted by Crippen LogP contribution is -2.58. The molecule has 4 rings (SSSR count). The van der Waals surface area contributed by atoms with E-state index < -0.39 is 0 Å². The number of rotatable bonds is 5. The summed E-state index contributed by atoms with van der Waals surface area (Å²) < 4.78 is 11.5. The predicted molar refractivity (Wildman–Crippen MR) is 110 cm³/mol. The van der Waals surface area contributed by atoms with Gasteiger partial charge >= 0.3 is 11.9 Å². The molecule has 0 spiro atoms. The lowest BCUT2D eigenvalue weighted by molar-refractivity contribution is -0.207. The van der Waals surface area contributed by atoms with E-state index in [1.807, 2.05) is 0 Å². The van der Waals surface area contributed by atoms with Gasteiger partial charge in [-0.05, 0) is 80.0 Å². The molecule has 0 amide bonds. The smallest absolute Gasteiger partial charge is 0.344 e. The van der Waals surface area contributed by atoms with E-state index in [0.717, 1.165) is 18.3 Å². The molecule has 4 aliphatic carbocycles. The van der Waals surface area contributed by atoms with Crippen molar-refractivity contribution in [1.29, 1.82) is 0 Å². The fourth-order valence-electron chi connectivity index (χ4n) is 6.15. The Labute approximate surface area is 171 Å². The highest BCUT2D eigenvalue weighted by atomic mass is 16.6. The highest BCUT2D eigenvalue weighted by molar-refractivity contribution is 5.78. The quantitative estimate of drug-likeness (QED) is 0.589. The van der Waals surface area contributed by atoms with Crippen LogP contribution in [0.5, 0.6) is 0 Å². The fourth-order valence-corrected chi connectivity index (χ4v) is 6.15. The van der Waals surface area contributed by atoms with Crippen molar-refractivity contribution >= 4 is 11.9 Å². The van der Waals surface area contributed by atoms with Crippen LogP contribution in [-0.2, 0) is 19.1 Å². The van der Waals surface area contributed by atoms with Gasteiger partial charge in [0.25, 0.3) is 0 Å². The van der Waals surface area contributed by atoms with Gasteiger partial charge in [-0.15, -0.1) is 0 Å². The molecule has 4 fully saturated rings. The second-order valence-electron chi connectivity index (χ2n) is 12.3. The summed E-state index contributed by atoms with van der Waals surface area (Å²) in [7, 11) is 0. The number of esters is 2. The molecular weight excluding hydrogens is 352 g/mol. The molecule has 4 bridgehead atoms. The predicted octanol–water partition coefficient (Wildman–Crippen LogP) is 5.39. The Morgan fingerprint density at radius 2 is 1.43 bits per heavy atom. The summed E-state index contributed by atoms with van der Waals surface area (Å²) >= 11 is 0. The van der Waals surface area contributed by atoms with Crippen molar-refractivity contribution in [3.05, 3.63) is 0 Å². The number of carbonyl (C=O) groups is 2. The van der Waals surface area contributed by atoms with Crippen LogP contribution >= 0.6 is 0 Å². The first-order valence-corrected chi connectivity index (χ1v) is 11.2. The SMILES string of the molecule is CC(C)(C)CC(C(=O)OCC(=O)OC1(C)C2CC3CC(C2)CC1C3)C(C)(C)C. The van der Waals surface area contributed by atoms with Gasteiger partial charge in [-0.3, -0.25) is 4.79 Å². The average Bonchev–Trinajstić information content (AvgIpc) is 2.53. The zero-order valence-corrected chi connectivity index (χ0v) is 19.0. The summed E-state index contributed by atoms with van der Waals surface area (Å²) in [6.45, 7) is 14.4. The Morgan fingerprint density at radius 1 is 0.929 bits per heavy atom. The van der Waals surface area contributed by atoms with Gasteiger partial charge < -0.3 is 9.47 Å². The van der Waals surface area contributed by atoms with E-state index in [1.165, 1.54) is 32.1 Å². The maximum Gasteiger partial charge on any atom is 0.344 e. The van der Waals surface area contributed by atoms with Crippen molar-refractivity contribution in [2.45, 2.75) is 92.6 Å². The molecule has 0 aliphatic heterocycles. The van der Waals surface area contributed by atoms with E-state index in [-0.39, 0.29) is 40.9 Å². The van der Waals surface area contributed by atoms with Crippen LogP contribution in [0.15, 0.2) is 0 Å². The molecule has 1 atom stereocenters. The van der Waals surface area contributed by atoms with Gasteiger partial charge in [0, 0.05) is 0 Å². The van der Waals surface area contributed by atoms with Gasteiger partial charge in [0.1, 0.15) is 5.60 Å². The van der Waals surface area contributed by atoms with Crippen molar-refractivity contribution in [3.63, 3.8) is 0 Å². The zero-order valence-electron chi connectivity index (χ0n) is 19.0. The molecule has 28 heavy (non-hydrogen) atoms. The maximum atomic E-state index is 12.8.